The van der Waals surface area contributed by atoms with Crippen molar-refractivity contribution < 1.29 is 28.9 Å². The number of hydrogen-bond donors (Lipinski definition) is 1. The second-order valence-electron chi connectivity index (χ2n) is 8.10. The van der Waals surface area contributed by atoms with Gasteiger partial charge in [-0.3, -0.25) is 9.59 Å². The highest BCUT2D eigenvalue weighted by atomic mass is 16.5. The number of rotatable bonds is 10. The number of Topliss-reactive ketones (excluding diaryl/α,β-unsaturated/α-hetero) is 1. The molecule has 8 nitrogen and oxygen atoms in total. The lowest BCUT2D eigenvalue weighted by Gasteiger charge is -2.27. The van der Waals surface area contributed by atoms with Crippen LogP contribution in [0.15, 0.2) is 48.0 Å². The van der Waals surface area contributed by atoms with Crippen molar-refractivity contribution in [3.05, 3.63) is 59.2 Å². The number of ketones is 1. The zero-order chi connectivity index (χ0) is 24.8. The van der Waals surface area contributed by atoms with Crippen molar-refractivity contribution in [2.45, 2.75) is 19.9 Å². The molecule has 2 aromatic rings. The molecule has 1 aliphatic rings. The number of hydrogen-bond acceptors (Lipinski definition) is 7. The first kappa shape index (κ1) is 25.1. The fraction of sp³-hybridized carbons (Fsp3) is 0.385. The predicted molar refractivity (Wildman–Crippen MR) is 129 cm³/mol. The molecular weight excluding hydrogens is 436 g/mol. The molecule has 1 aliphatic heterocycles. The molecule has 0 aromatic heterocycles. The Kier molecular flexibility index (Phi) is 8.17. The number of likely N-dealkylation sites (tertiary alicyclic amines) is 1. The predicted octanol–water partition coefficient (Wildman–Crippen LogP) is 3.48. The summed E-state index contributed by atoms with van der Waals surface area (Å²) in [4.78, 5) is 29.6. The Morgan fingerprint density at radius 1 is 1.00 bits per heavy atom. The highest BCUT2D eigenvalue weighted by molar-refractivity contribution is 6.46. The molecule has 34 heavy (non-hydrogen) atoms. The van der Waals surface area contributed by atoms with E-state index in [9.17, 15) is 14.7 Å². The molecule has 2 aromatic carbocycles. The molecule has 1 atom stereocenters. The van der Waals surface area contributed by atoms with Crippen molar-refractivity contribution in [1.29, 1.82) is 0 Å². The van der Waals surface area contributed by atoms with Gasteiger partial charge in [0, 0.05) is 18.7 Å². The average molecular weight is 469 g/mol. The van der Waals surface area contributed by atoms with Gasteiger partial charge in [0.15, 0.2) is 11.5 Å². The van der Waals surface area contributed by atoms with Crippen LogP contribution < -0.4 is 14.2 Å². The second-order valence-corrected chi connectivity index (χ2v) is 8.10. The Bertz CT molecular complexity index is 1060. The fourth-order valence-corrected chi connectivity index (χ4v) is 3.93. The van der Waals surface area contributed by atoms with Gasteiger partial charge in [-0.05, 0) is 69.9 Å². The van der Waals surface area contributed by atoms with Crippen molar-refractivity contribution in [2.24, 2.45) is 0 Å². The highest BCUT2D eigenvalue weighted by Crippen LogP contribution is 2.42. The monoisotopic (exact) mass is 468 g/mol. The molecule has 0 aliphatic carbocycles. The Morgan fingerprint density at radius 2 is 1.68 bits per heavy atom. The van der Waals surface area contributed by atoms with Gasteiger partial charge in [-0.2, -0.15) is 0 Å². The minimum atomic E-state index is -0.768. The zero-order valence-corrected chi connectivity index (χ0v) is 20.3. The summed E-state index contributed by atoms with van der Waals surface area (Å²) in [6, 6.07) is 11.3. The van der Waals surface area contributed by atoms with Gasteiger partial charge in [0.05, 0.1) is 31.9 Å². The van der Waals surface area contributed by atoms with Gasteiger partial charge in [-0.25, -0.2) is 0 Å². The first-order valence-electron chi connectivity index (χ1n) is 11.3. The van der Waals surface area contributed by atoms with Crippen molar-refractivity contribution in [3.8, 4) is 17.2 Å². The highest BCUT2D eigenvalue weighted by Gasteiger charge is 2.46. The van der Waals surface area contributed by atoms with E-state index < -0.39 is 17.7 Å². The third-order valence-corrected chi connectivity index (χ3v) is 5.57. The molecule has 1 amide bonds. The lowest BCUT2D eigenvalue weighted by molar-refractivity contribution is -0.140. The number of likely N-dealkylation sites (N-methyl/N-ethyl adjacent to an activating group) is 1. The Morgan fingerprint density at radius 3 is 2.26 bits per heavy atom. The van der Waals surface area contributed by atoms with Crippen molar-refractivity contribution in [3.63, 3.8) is 0 Å². The number of methoxy groups -OCH3 is 1. The van der Waals surface area contributed by atoms with Crippen LogP contribution in [0.4, 0.5) is 0 Å². The normalized spacial score (nSPS) is 17.4. The maximum Gasteiger partial charge on any atom is 0.295 e. The van der Waals surface area contributed by atoms with E-state index in [0.29, 0.717) is 54.7 Å². The van der Waals surface area contributed by atoms with E-state index in [0.717, 1.165) is 0 Å². The molecule has 1 heterocycles. The number of amides is 1. The molecule has 8 heteroatoms. The smallest absolute Gasteiger partial charge is 0.295 e. The third kappa shape index (κ3) is 5.17. The fourth-order valence-electron chi connectivity index (χ4n) is 3.93. The number of nitrogens with zero attached hydrogens (tertiary/aromatic N) is 2. The number of aliphatic hydroxyl groups excluding tert-OH is 1. The molecule has 0 unspecified atom stereocenters. The first-order chi connectivity index (χ1) is 16.3. The summed E-state index contributed by atoms with van der Waals surface area (Å²) in [5, 5.41) is 11.2. The van der Waals surface area contributed by atoms with Crippen molar-refractivity contribution in [2.75, 3.05) is 47.5 Å². The Hall–Kier alpha value is -3.52. The maximum atomic E-state index is 13.1. The molecule has 182 valence electrons. The molecule has 0 radical (unpaired) electrons. The van der Waals surface area contributed by atoms with Crippen LogP contribution in [0.3, 0.4) is 0 Å². The topological polar surface area (TPSA) is 88.5 Å². The van der Waals surface area contributed by atoms with Gasteiger partial charge in [-0.1, -0.05) is 6.07 Å². The molecule has 1 fully saturated rings. The maximum absolute atomic E-state index is 13.1. The van der Waals surface area contributed by atoms with Crippen LogP contribution in [-0.2, 0) is 9.59 Å². The van der Waals surface area contributed by atoms with E-state index in [2.05, 4.69) is 0 Å². The summed E-state index contributed by atoms with van der Waals surface area (Å²) < 4.78 is 16.6. The van der Waals surface area contributed by atoms with Gasteiger partial charge < -0.3 is 29.1 Å². The summed E-state index contributed by atoms with van der Waals surface area (Å²) in [6.45, 7) is 5.61. The van der Waals surface area contributed by atoms with Crippen LogP contribution in [0, 0.1) is 0 Å². The number of ether oxygens (including phenoxy) is 3. The number of carbonyl (C=O) groups excluding carboxylic acids is 2. The summed E-state index contributed by atoms with van der Waals surface area (Å²) >= 11 is 0. The molecule has 0 bridgehead atoms. The van der Waals surface area contributed by atoms with Crippen LogP contribution >= 0.6 is 0 Å². The van der Waals surface area contributed by atoms with Gasteiger partial charge >= 0.3 is 0 Å². The summed E-state index contributed by atoms with van der Waals surface area (Å²) in [5.74, 6) is 0.101. The summed E-state index contributed by atoms with van der Waals surface area (Å²) in [5.41, 5.74) is 1.11. The summed E-state index contributed by atoms with van der Waals surface area (Å²) in [7, 11) is 5.32. The third-order valence-electron chi connectivity index (χ3n) is 5.57. The minimum absolute atomic E-state index is 0.0409. The van der Waals surface area contributed by atoms with Gasteiger partial charge in [0.25, 0.3) is 11.7 Å². The van der Waals surface area contributed by atoms with Crippen LogP contribution in [-0.4, -0.2) is 74.1 Å². The molecule has 0 saturated carbocycles. The lowest BCUT2D eigenvalue weighted by atomic mass is 9.95. The number of aliphatic hydroxyl groups is 1. The van der Waals surface area contributed by atoms with Crippen molar-refractivity contribution >= 4 is 17.4 Å². The Labute approximate surface area is 200 Å². The molecule has 3 rings (SSSR count). The van der Waals surface area contributed by atoms with Gasteiger partial charge in [0.1, 0.15) is 11.5 Å². The van der Waals surface area contributed by atoms with E-state index >= 15 is 0 Å². The van der Waals surface area contributed by atoms with Crippen LogP contribution in [0.2, 0.25) is 0 Å². The molecule has 1 N–H and O–H groups in total. The molecule has 0 spiro atoms. The Balaban J connectivity index is 2.13. The van der Waals surface area contributed by atoms with Crippen LogP contribution in [0.5, 0.6) is 17.2 Å². The average Bonchev–Trinajstić information content (AvgIpc) is 3.08. The second kappa shape index (κ2) is 11.1. The van der Waals surface area contributed by atoms with Crippen LogP contribution in [0.25, 0.3) is 5.76 Å². The molecular formula is C26H32N2O6. The largest absolute Gasteiger partial charge is 0.507 e. The van der Waals surface area contributed by atoms with Crippen molar-refractivity contribution in [1.82, 2.24) is 9.80 Å². The van der Waals surface area contributed by atoms with Gasteiger partial charge in [-0.15, -0.1) is 0 Å². The van der Waals surface area contributed by atoms with E-state index in [-0.39, 0.29) is 11.3 Å². The molecule has 1 saturated heterocycles. The van der Waals surface area contributed by atoms with Gasteiger partial charge in [0.2, 0.25) is 0 Å². The number of carbonyl (C=O) groups is 2. The zero-order valence-electron chi connectivity index (χ0n) is 20.3. The summed E-state index contributed by atoms with van der Waals surface area (Å²) in [6.07, 6.45) is 0. The van der Waals surface area contributed by atoms with E-state index in [4.69, 9.17) is 14.2 Å². The first-order valence-corrected chi connectivity index (χ1v) is 11.3. The van der Waals surface area contributed by atoms with Crippen LogP contribution in [0.1, 0.15) is 31.0 Å². The lowest BCUT2D eigenvalue weighted by Crippen LogP contribution is -2.35. The number of benzene rings is 2. The standard InChI is InChI=1S/C26H32N2O6/c1-6-33-19-11-8-17(9-12-19)24(29)22-23(28(15-14-27(3)4)26(31)25(22)30)18-10-13-20(34-7-2)21(16-18)32-5/h8-13,16,23,29H,6-7,14-15H2,1-5H3/t23-/m0/s1. The van der Waals surface area contributed by atoms with E-state index in [1.165, 1.54) is 12.0 Å². The quantitative estimate of drug-likeness (QED) is 0.324. The van der Waals surface area contributed by atoms with E-state index in [1.807, 2.05) is 32.8 Å². The SMILES string of the molecule is CCOc1ccc(C(O)=C2C(=O)C(=O)N(CCN(C)C)[C@H]2c2ccc(OCC)c(OC)c2)cc1. The van der Waals surface area contributed by atoms with E-state index in [1.54, 1.807) is 42.5 Å². The minimum Gasteiger partial charge on any atom is -0.507 e.